The molecule has 0 spiro atoms. The van der Waals surface area contributed by atoms with Crippen LogP contribution in [0, 0.1) is 0 Å². The van der Waals surface area contributed by atoms with Gasteiger partial charge >= 0.3 is 11.8 Å². The van der Waals surface area contributed by atoms with Crippen molar-refractivity contribution in [1.29, 1.82) is 0 Å². The number of carbonyl (C=O) groups excluding carboxylic acids is 2. The van der Waals surface area contributed by atoms with Crippen molar-refractivity contribution in [2.75, 3.05) is 45.2 Å². The second-order valence-electron chi connectivity index (χ2n) is 4.96. The predicted molar refractivity (Wildman–Crippen MR) is 80.5 cm³/mol. The first-order valence-corrected chi connectivity index (χ1v) is 7.05. The van der Waals surface area contributed by atoms with Crippen LogP contribution in [0.5, 0.6) is 5.75 Å². The number of amides is 2. The highest BCUT2D eigenvalue weighted by Gasteiger charge is 2.26. The Morgan fingerprint density at radius 1 is 1.29 bits per heavy atom. The van der Waals surface area contributed by atoms with Gasteiger partial charge in [0.2, 0.25) is 0 Å². The monoisotopic (exact) mass is 291 g/mol. The molecule has 1 aromatic carbocycles. The lowest BCUT2D eigenvalue weighted by atomic mass is 10.2. The number of nitrogens with one attached hydrogen (secondary N) is 1. The van der Waals surface area contributed by atoms with Crippen LogP contribution in [0.4, 0.5) is 5.69 Å². The van der Waals surface area contributed by atoms with Gasteiger partial charge in [0, 0.05) is 38.4 Å². The predicted octanol–water partition coefficient (Wildman–Crippen LogP) is 0.480. The molecule has 114 valence electrons. The van der Waals surface area contributed by atoms with Crippen molar-refractivity contribution in [1.82, 2.24) is 10.2 Å². The summed E-state index contributed by atoms with van der Waals surface area (Å²) in [6, 6.07) is 7.09. The standard InChI is InChI=1S/C15H21N3O3/c1-17(12-5-3-6-13(11-12)21-2)14(19)15(20)18-9-4-7-16-8-10-18/h3,5-6,11,16H,4,7-10H2,1-2H3. The molecule has 0 saturated carbocycles. The Kier molecular flexibility index (Phi) is 5.16. The van der Waals surface area contributed by atoms with Crippen LogP contribution in [0.15, 0.2) is 24.3 Å². The van der Waals surface area contributed by atoms with E-state index in [-0.39, 0.29) is 0 Å². The Morgan fingerprint density at radius 2 is 2.10 bits per heavy atom. The molecule has 1 saturated heterocycles. The van der Waals surface area contributed by atoms with Gasteiger partial charge in [-0.3, -0.25) is 9.59 Å². The first-order valence-electron chi connectivity index (χ1n) is 7.05. The van der Waals surface area contributed by atoms with E-state index < -0.39 is 11.8 Å². The molecule has 1 aliphatic heterocycles. The van der Waals surface area contributed by atoms with Gasteiger partial charge in [-0.05, 0) is 25.1 Å². The summed E-state index contributed by atoms with van der Waals surface area (Å²) in [5.41, 5.74) is 0.639. The lowest BCUT2D eigenvalue weighted by molar-refractivity contribution is -0.144. The van der Waals surface area contributed by atoms with E-state index in [1.54, 1.807) is 43.3 Å². The first-order chi connectivity index (χ1) is 10.1. The van der Waals surface area contributed by atoms with Gasteiger partial charge in [0.15, 0.2) is 0 Å². The van der Waals surface area contributed by atoms with Crippen LogP contribution in [-0.4, -0.2) is 57.1 Å². The Bertz CT molecular complexity index is 511. The minimum Gasteiger partial charge on any atom is -0.497 e. The number of hydrogen-bond acceptors (Lipinski definition) is 4. The van der Waals surface area contributed by atoms with Crippen molar-refractivity contribution in [3.8, 4) is 5.75 Å². The fourth-order valence-corrected chi connectivity index (χ4v) is 2.26. The summed E-state index contributed by atoms with van der Waals surface area (Å²) < 4.78 is 5.14. The molecule has 1 N–H and O–H groups in total. The fraction of sp³-hybridized carbons (Fsp3) is 0.467. The second-order valence-corrected chi connectivity index (χ2v) is 4.96. The zero-order valence-electron chi connectivity index (χ0n) is 12.5. The van der Waals surface area contributed by atoms with Gasteiger partial charge < -0.3 is 19.9 Å². The van der Waals surface area contributed by atoms with E-state index in [0.717, 1.165) is 19.5 Å². The summed E-state index contributed by atoms with van der Waals surface area (Å²) in [7, 11) is 3.17. The van der Waals surface area contributed by atoms with E-state index in [0.29, 0.717) is 24.5 Å². The van der Waals surface area contributed by atoms with Gasteiger partial charge in [-0.2, -0.15) is 0 Å². The SMILES string of the molecule is COc1cccc(N(C)C(=O)C(=O)N2CCCNCC2)c1. The molecule has 2 amide bonds. The molecular formula is C15H21N3O3. The number of anilines is 1. The van der Waals surface area contributed by atoms with Crippen LogP contribution >= 0.6 is 0 Å². The van der Waals surface area contributed by atoms with Gasteiger partial charge in [0.1, 0.15) is 5.75 Å². The fourth-order valence-electron chi connectivity index (χ4n) is 2.26. The first kappa shape index (κ1) is 15.3. The van der Waals surface area contributed by atoms with E-state index in [1.165, 1.54) is 4.90 Å². The van der Waals surface area contributed by atoms with Gasteiger partial charge in [0.25, 0.3) is 0 Å². The Labute approximate surface area is 124 Å². The van der Waals surface area contributed by atoms with Crippen LogP contribution in [-0.2, 0) is 9.59 Å². The zero-order valence-corrected chi connectivity index (χ0v) is 12.5. The molecule has 0 radical (unpaired) electrons. The van der Waals surface area contributed by atoms with E-state index in [4.69, 9.17) is 4.74 Å². The quantitative estimate of drug-likeness (QED) is 0.805. The van der Waals surface area contributed by atoms with E-state index in [1.807, 2.05) is 0 Å². The number of hydrogen-bond donors (Lipinski definition) is 1. The number of rotatable bonds is 2. The molecule has 0 unspecified atom stereocenters. The van der Waals surface area contributed by atoms with Crippen molar-refractivity contribution in [3.63, 3.8) is 0 Å². The van der Waals surface area contributed by atoms with Crippen molar-refractivity contribution in [2.24, 2.45) is 0 Å². The van der Waals surface area contributed by atoms with Crippen LogP contribution in [0.1, 0.15) is 6.42 Å². The Morgan fingerprint density at radius 3 is 2.86 bits per heavy atom. The molecule has 0 atom stereocenters. The largest absolute Gasteiger partial charge is 0.497 e. The van der Waals surface area contributed by atoms with E-state index >= 15 is 0 Å². The van der Waals surface area contributed by atoms with E-state index in [2.05, 4.69) is 5.32 Å². The van der Waals surface area contributed by atoms with Gasteiger partial charge in [-0.25, -0.2) is 0 Å². The highest BCUT2D eigenvalue weighted by Crippen LogP contribution is 2.20. The molecule has 1 aliphatic rings. The minimum atomic E-state index is -0.523. The average molecular weight is 291 g/mol. The number of benzene rings is 1. The van der Waals surface area contributed by atoms with Gasteiger partial charge in [0.05, 0.1) is 7.11 Å². The maximum atomic E-state index is 12.3. The third-order valence-corrected chi connectivity index (χ3v) is 3.56. The van der Waals surface area contributed by atoms with Crippen LogP contribution in [0.2, 0.25) is 0 Å². The number of carbonyl (C=O) groups is 2. The van der Waals surface area contributed by atoms with Crippen LogP contribution in [0.25, 0.3) is 0 Å². The summed E-state index contributed by atoms with van der Waals surface area (Å²) in [5, 5.41) is 3.21. The van der Waals surface area contributed by atoms with Crippen molar-refractivity contribution in [2.45, 2.75) is 6.42 Å². The number of ether oxygens (including phenoxy) is 1. The second kappa shape index (κ2) is 7.08. The smallest absolute Gasteiger partial charge is 0.316 e. The molecule has 0 aromatic heterocycles. The summed E-state index contributed by atoms with van der Waals surface area (Å²) in [5.74, 6) is -0.326. The zero-order chi connectivity index (χ0) is 15.2. The maximum Gasteiger partial charge on any atom is 0.316 e. The molecule has 0 aliphatic carbocycles. The Balaban J connectivity index is 2.08. The van der Waals surface area contributed by atoms with Crippen molar-refractivity contribution in [3.05, 3.63) is 24.3 Å². The maximum absolute atomic E-state index is 12.3. The topological polar surface area (TPSA) is 61.9 Å². The number of nitrogens with zero attached hydrogens (tertiary/aromatic N) is 2. The highest BCUT2D eigenvalue weighted by molar-refractivity contribution is 6.40. The number of methoxy groups -OCH3 is 1. The van der Waals surface area contributed by atoms with Crippen LogP contribution < -0.4 is 15.0 Å². The molecule has 21 heavy (non-hydrogen) atoms. The summed E-state index contributed by atoms with van der Waals surface area (Å²) in [6.45, 7) is 2.78. The van der Waals surface area contributed by atoms with E-state index in [9.17, 15) is 9.59 Å². The van der Waals surface area contributed by atoms with Gasteiger partial charge in [-0.15, -0.1) is 0 Å². The minimum absolute atomic E-state index is 0.455. The third-order valence-electron chi connectivity index (χ3n) is 3.56. The number of likely N-dealkylation sites (N-methyl/N-ethyl adjacent to an activating group) is 1. The summed E-state index contributed by atoms with van der Waals surface area (Å²) >= 11 is 0. The molecule has 1 heterocycles. The Hall–Kier alpha value is -2.08. The average Bonchev–Trinajstić information content (AvgIpc) is 2.82. The summed E-state index contributed by atoms with van der Waals surface area (Å²) in [4.78, 5) is 27.6. The lowest BCUT2D eigenvalue weighted by Gasteiger charge is -2.23. The molecule has 1 fully saturated rings. The van der Waals surface area contributed by atoms with Crippen LogP contribution in [0.3, 0.4) is 0 Å². The normalized spacial score (nSPS) is 15.2. The molecule has 1 aromatic rings. The lowest BCUT2D eigenvalue weighted by Crippen LogP contribution is -2.45. The van der Waals surface area contributed by atoms with Crippen molar-refractivity contribution < 1.29 is 14.3 Å². The molecule has 0 bridgehead atoms. The molecular weight excluding hydrogens is 270 g/mol. The highest BCUT2D eigenvalue weighted by atomic mass is 16.5. The molecule has 6 nitrogen and oxygen atoms in total. The van der Waals surface area contributed by atoms with Crippen molar-refractivity contribution >= 4 is 17.5 Å². The molecule has 2 rings (SSSR count). The third kappa shape index (κ3) is 3.72. The summed E-state index contributed by atoms with van der Waals surface area (Å²) in [6.07, 6.45) is 0.863. The molecule has 6 heteroatoms. The van der Waals surface area contributed by atoms with Gasteiger partial charge in [-0.1, -0.05) is 6.07 Å².